The Kier molecular flexibility index (Phi) is 3.80. The molecule has 1 aromatic carbocycles. The predicted molar refractivity (Wildman–Crippen MR) is 116 cm³/mol. The van der Waals surface area contributed by atoms with Crippen LogP contribution in [-0.2, 0) is 4.79 Å². The molecule has 160 valence electrons. The van der Waals surface area contributed by atoms with Gasteiger partial charge in [0.2, 0.25) is 6.41 Å². The second kappa shape index (κ2) is 5.98. The molecule has 5 nitrogen and oxygen atoms in total. The Morgan fingerprint density at radius 2 is 2.00 bits per heavy atom. The van der Waals surface area contributed by atoms with E-state index in [0.717, 1.165) is 17.7 Å². The number of benzene rings is 1. The number of thiazole rings is 1. The van der Waals surface area contributed by atoms with E-state index in [1.807, 2.05) is 31.5 Å². The molecular formula is C24H30N2O3S. The maximum absolute atomic E-state index is 10.7. The van der Waals surface area contributed by atoms with Crippen molar-refractivity contribution in [3.63, 3.8) is 0 Å². The van der Waals surface area contributed by atoms with Crippen LogP contribution >= 0.6 is 11.3 Å². The van der Waals surface area contributed by atoms with Gasteiger partial charge in [0, 0.05) is 11.0 Å². The highest BCUT2D eigenvalue weighted by Gasteiger charge is 2.95. The Balaban J connectivity index is 0.000000118. The van der Waals surface area contributed by atoms with Gasteiger partial charge in [0.05, 0.1) is 21.9 Å². The van der Waals surface area contributed by atoms with Gasteiger partial charge in [0.25, 0.3) is 0 Å². The van der Waals surface area contributed by atoms with Gasteiger partial charge in [-0.1, -0.05) is 13.0 Å². The fraction of sp³-hybridized carbons (Fsp3) is 0.667. The van der Waals surface area contributed by atoms with Crippen molar-refractivity contribution >= 4 is 28.0 Å². The van der Waals surface area contributed by atoms with Crippen LogP contribution in [0, 0.1) is 35.0 Å². The van der Waals surface area contributed by atoms with Gasteiger partial charge in [-0.3, -0.25) is 4.79 Å². The third-order valence-electron chi connectivity index (χ3n) is 9.61. The summed E-state index contributed by atoms with van der Waals surface area (Å²) in [5.41, 5.74) is 2.59. The van der Waals surface area contributed by atoms with Crippen molar-refractivity contribution < 1.29 is 14.6 Å². The van der Waals surface area contributed by atoms with Gasteiger partial charge >= 0.3 is 0 Å². The number of carbonyl (C=O) groups is 1. The summed E-state index contributed by atoms with van der Waals surface area (Å²) in [7, 11) is 0. The number of nitrogens with one attached hydrogen (secondary N) is 1. The molecule has 2 aromatic rings. The lowest BCUT2D eigenvalue weighted by atomic mass is 9.09. The second-order valence-electron chi connectivity index (χ2n) is 10.7. The van der Waals surface area contributed by atoms with Crippen LogP contribution in [0.15, 0.2) is 23.7 Å². The predicted octanol–water partition coefficient (Wildman–Crippen LogP) is 4.00. The van der Waals surface area contributed by atoms with Crippen molar-refractivity contribution in [1.82, 2.24) is 10.3 Å². The first-order valence-corrected chi connectivity index (χ1v) is 12.1. The van der Waals surface area contributed by atoms with E-state index in [1.54, 1.807) is 11.3 Å². The molecule has 1 amide bonds. The van der Waals surface area contributed by atoms with Crippen molar-refractivity contribution in [3.05, 3.63) is 23.7 Å². The zero-order valence-electron chi connectivity index (χ0n) is 17.8. The van der Waals surface area contributed by atoms with Crippen LogP contribution in [0.25, 0.3) is 10.2 Å². The molecule has 0 radical (unpaired) electrons. The van der Waals surface area contributed by atoms with Crippen molar-refractivity contribution in [2.45, 2.75) is 63.7 Å². The van der Waals surface area contributed by atoms with Crippen molar-refractivity contribution in [2.75, 3.05) is 0 Å². The zero-order valence-corrected chi connectivity index (χ0v) is 18.6. The molecule has 0 spiro atoms. The minimum atomic E-state index is -0.580. The quantitative estimate of drug-likeness (QED) is 0.709. The van der Waals surface area contributed by atoms with Gasteiger partial charge in [-0.25, -0.2) is 4.98 Å². The fourth-order valence-electron chi connectivity index (χ4n) is 7.78. The highest BCUT2D eigenvalue weighted by molar-refractivity contribution is 7.16. The molecule has 5 aliphatic carbocycles. The molecule has 4 unspecified atom stereocenters. The molecule has 0 saturated heterocycles. The van der Waals surface area contributed by atoms with Crippen LogP contribution in [0.3, 0.4) is 0 Å². The molecule has 2 N–H and O–H groups in total. The molecule has 0 bridgehead atoms. The molecule has 1 aromatic heterocycles. The van der Waals surface area contributed by atoms with Crippen LogP contribution in [0.5, 0.6) is 5.75 Å². The molecule has 1 heterocycles. The molecule has 4 atom stereocenters. The van der Waals surface area contributed by atoms with Crippen LogP contribution in [0.1, 0.15) is 46.5 Å². The van der Waals surface area contributed by atoms with E-state index < -0.39 is 5.60 Å². The largest absolute Gasteiger partial charge is 0.488 e. The van der Waals surface area contributed by atoms with Crippen LogP contribution in [0.4, 0.5) is 0 Å². The van der Waals surface area contributed by atoms with E-state index in [2.05, 4.69) is 23.3 Å². The Labute approximate surface area is 181 Å². The van der Waals surface area contributed by atoms with Crippen molar-refractivity contribution in [2.24, 2.45) is 35.0 Å². The number of rotatable bonds is 5. The summed E-state index contributed by atoms with van der Waals surface area (Å²) in [5.74, 6) is 4.22. The first kappa shape index (κ1) is 19.1. The minimum absolute atomic E-state index is 0.0948. The Morgan fingerprint density at radius 3 is 2.57 bits per heavy atom. The number of ether oxygens (including phenoxy) is 1. The molecule has 5 saturated carbocycles. The summed E-state index contributed by atoms with van der Waals surface area (Å²) in [5, 5.41) is 13.5. The summed E-state index contributed by atoms with van der Waals surface area (Å²) in [4.78, 5) is 15.0. The number of para-hydroxylation sites is 1. The zero-order chi connectivity index (χ0) is 20.9. The topological polar surface area (TPSA) is 71.5 Å². The molecule has 6 heteroatoms. The van der Waals surface area contributed by atoms with Gasteiger partial charge in [-0.2, -0.15) is 0 Å². The van der Waals surface area contributed by atoms with E-state index in [9.17, 15) is 9.90 Å². The smallest absolute Gasteiger partial charge is 0.207 e. The van der Waals surface area contributed by atoms with E-state index in [0.29, 0.717) is 35.7 Å². The first-order chi connectivity index (χ1) is 14.3. The number of carbonyl (C=O) groups excluding carboxylic acids is 1. The van der Waals surface area contributed by atoms with Crippen molar-refractivity contribution in [1.29, 1.82) is 0 Å². The van der Waals surface area contributed by atoms with Crippen LogP contribution < -0.4 is 10.1 Å². The van der Waals surface area contributed by atoms with Crippen LogP contribution in [0.2, 0.25) is 0 Å². The normalized spacial score (nSPS) is 42.1. The molecule has 7 rings (SSSR count). The highest BCUT2D eigenvalue weighted by atomic mass is 32.1. The van der Waals surface area contributed by atoms with Gasteiger partial charge < -0.3 is 15.2 Å². The van der Waals surface area contributed by atoms with E-state index in [4.69, 9.17) is 4.74 Å². The number of hydrogen-bond donors (Lipinski definition) is 2. The standard InChI is InChI=1S/C13H19NO2.C11H11NOS/c1-11(2,16)12(3)8-6-4-7-9(12)10(8)13(6,7)14-5-15;1-3-8(4-1)13-9-5-2-6-10-11(9)12-7-14-10/h5-10,16H,4H2,1-3H3,(H,14,15);2,5-8H,1,3-4H2. The van der Waals surface area contributed by atoms with E-state index in [-0.39, 0.29) is 11.0 Å². The molecule has 0 aliphatic heterocycles. The average Bonchev–Trinajstić information content (AvgIpc) is 3.17. The van der Waals surface area contributed by atoms with Crippen molar-refractivity contribution in [3.8, 4) is 5.75 Å². The molecule has 5 fully saturated rings. The number of fused-ring (bicyclic) bond motifs is 3. The number of aliphatic hydroxyl groups is 1. The minimum Gasteiger partial charge on any atom is -0.488 e. The van der Waals surface area contributed by atoms with Gasteiger partial charge in [0.15, 0.2) is 0 Å². The Morgan fingerprint density at radius 1 is 1.27 bits per heavy atom. The molecule has 30 heavy (non-hydrogen) atoms. The third-order valence-corrected chi connectivity index (χ3v) is 10.4. The third kappa shape index (κ3) is 2.03. The van der Waals surface area contributed by atoms with Gasteiger partial charge in [-0.05, 0) is 81.3 Å². The lowest BCUT2D eigenvalue weighted by Crippen LogP contribution is -3.02. The monoisotopic (exact) mass is 426 g/mol. The first-order valence-electron chi connectivity index (χ1n) is 11.3. The summed E-state index contributed by atoms with van der Waals surface area (Å²) < 4.78 is 7.08. The number of aromatic nitrogens is 1. The fourth-order valence-corrected chi connectivity index (χ4v) is 8.47. The Bertz CT molecular complexity index is 976. The lowest BCUT2D eigenvalue weighted by Gasteiger charge is -2.97. The van der Waals surface area contributed by atoms with E-state index >= 15 is 0 Å². The number of nitrogens with zero attached hydrogens (tertiary/aromatic N) is 1. The maximum atomic E-state index is 10.7. The Hall–Kier alpha value is -1.66. The second-order valence-corrected chi connectivity index (χ2v) is 11.6. The maximum Gasteiger partial charge on any atom is 0.207 e. The summed E-state index contributed by atoms with van der Waals surface area (Å²) in [6.45, 7) is 6.16. The SMILES string of the molecule is CC(C)(O)C1(C)C2C3CC4C1C2C34NC=O.c1cc(OC2CCC2)c2ncsc2c1. The number of amides is 1. The average molecular weight is 427 g/mol. The summed E-state index contributed by atoms with van der Waals surface area (Å²) >= 11 is 1.66. The molecule has 5 aliphatic rings. The van der Waals surface area contributed by atoms with Gasteiger partial charge in [0.1, 0.15) is 11.3 Å². The number of hydrogen-bond acceptors (Lipinski definition) is 5. The summed E-state index contributed by atoms with van der Waals surface area (Å²) in [6.07, 6.45) is 6.28. The molecular weight excluding hydrogens is 396 g/mol. The lowest BCUT2D eigenvalue weighted by molar-refractivity contribution is -0.480. The summed E-state index contributed by atoms with van der Waals surface area (Å²) in [6, 6.07) is 6.13. The highest BCUT2D eigenvalue weighted by Crippen LogP contribution is 2.92. The van der Waals surface area contributed by atoms with E-state index in [1.165, 1.54) is 30.4 Å². The van der Waals surface area contributed by atoms with Gasteiger partial charge in [-0.15, -0.1) is 11.3 Å². The van der Waals surface area contributed by atoms with Crippen LogP contribution in [-0.4, -0.2) is 33.7 Å².